The number of hydrogen-bond donors (Lipinski definition) is 2. The molecule has 0 bridgehead atoms. The van der Waals surface area contributed by atoms with Crippen LogP contribution in [-0.4, -0.2) is 47.5 Å². The summed E-state index contributed by atoms with van der Waals surface area (Å²) in [5.41, 5.74) is 1.24. The summed E-state index contributed by atoms with van der Waals surface area (Å²) in [5.74, 6) is -0.673. The number of carbonyl (C=O) groups excluding carboxylic acids is 3. The van der Waals surface area contributed by atoms with Crippen LogP contribution in [0.2, 0.25) is 0 Å². The molecule has 2 N–H and O–H groups in total. The number of likely N-dealkylation sites (tertiary alicyclic amines) is 1. The van der Waals surface area contributed by atoms with Crippen LogP contribution in [0.3, 0.4) is 0 Å². The van der Waals surface area contributed by atoms with Crippen molar-refractivity contribution in [1.82, 2.24) is 15.5 Å². The van der Waals surface area contributed by atoms with Gasteiger partial charge in [0.25, 0.3) is 5.91 Å². The van der Waals surface area contributed by atoms with E-state index in [1.165, 1.54) is 0 Å². The Morgan fingerprint density at radius 1 is 1.11 bits per heavy atom. The van der Waals surface area contributed by atoms with Crippen molar-refractivity contribution in [2.75, 3.05) is 6.61 Å². The maximum absolute atomic E-state index is 12.4. The molecule has 2 rings (SSSR count). The molecule has 3 amide bonds. The van der Waals surface area contributed by atoms with Crippen molar-refractivity contribution in [2.24, 2.45) is 0 Å². The minimum atomic E-state index is -0.525. The van der Waals surface area contributed by atoms with E-state index in [1.54, 1.807) is 24.3 Å². The van der Waals surface area contributed by atoms with E-state index in [2.05, 4.69) is 10.6 Å². The van der Waals surface area contributed by atoms with Gasteiger partial charge in [-0.25, -0.2) is 9.59 Å². The number of amides is 3. The van der Waals surface area contributed by atoms with Crippen molar-refractivity contribution < 1.29 is 19.1 Å². The van der Waals surface area contributed by atoms with Crippen LogP contribution in [0.15, 0.2) is 24.3 Å². The molecule has 7 nitrogen and oxygen atoms in total. The molecule has 1 aromatic carbocycles. The Bertz CT molecular complexity index is 677. The average Bonchev–Trinajstić information content (AvgIpc) is 2.64. The van der Waals surface area contributed by atoms with Gasteiger partial charge in [-0.2, -0.15) is 0 Å². The van der Waals surface area contributed by atoms with Gasteiger partial charge in [-0.15, -0.1) is 0 Å². The van der Waals surface area contributed by atoms with Crippen molar-refractivity contribution in [1.29, 1.82) is 0 Å². The van der Waals surface area contributed by atoms with Gasteiger partial charge in [0.1, 0.15) is 0 Å². The highest BCUT2D eigenvalue weighted by Gasteiger charge is 2.29. The fourth-order valence-corrected chi connectivity index (χ4v) is 3.45. The summed E-state index contributed by atoms with van der Waals surface area (Å²) in [6.07, 6.45) is 3.08. The van der Waals surface area contributed by atoms with Crippen molar-refractivity contribution in [3.05, 3.63) is 35.4 Å². The lowest BCUT2D eigenvalue weighted by atomic mass is 9.97. The zero-order chi connectivity index (χ0) is 20.7. The highest BCUT2D eigenvalue weighted by Crippen LogP contribution is 2.22. The number of ether oxygens (including phenoxy) is 1. The fourth-order valence-electron chi connectivity index (χ4n) is 3.45. The Kier molecular flexibility index (Phi) is 7.84. The van der Waals surface area contributed by atoms with Crippen LogP contribution in [0.1, 0.15) is 62.9 Å². The molecule has 2 atom stereocenters. The fraction of sp³-hybridized carbons (Fsp3) is 0.571. The van der Waals surface area contributed by atoms with E-state index in [4.69, 9.17) is 4.74 Å². The zero-order valence-corrected chi connectivity index (χ0v) is 17.2. The van der Waals surface area contributed by atoms with Crippen LogP contribution in [0.25, 0.3) is 0 Å². The lowest BCUT2D eigenvalue weighted by Crippen LogP contribution is -2.49. The summed E-state index contributed by atoms with van der Waals surface area (Å²) in [7, 11) is 0. The van der Waals surface area contributed by atoms with Gasteiger partial charge in [-0.3, -0.25) is 4.79 Å². The SMILES string of the molecule is CC(C)NC(=O)NCc1ccc(C(=O)OCC(=O)N2[C@@H](C)CCC[C@@H]2C)cc1. The number of rotatable bonds is 6. The van der Waals surface area contributed by atoms with Crippen LogP contribution < -0.4 is 10.6 Å². The van der Waals surface area contributed by atoms with Crippen LogP contribution in [0, 0.1) is 0 Å². The molecular formula is C21H31N3O4. The van der Waals surface area contributed by atoms with Gasteiger partial charge in [-0.1, -0.05) is 12.1 Å². The molecule has 28 heavy (non-hydrogen) atoms. The quantitative estimate of drug-likeness (QED) is 0.733. The predicted molar refractivity (Wildman–Crippen MR) is 107 cm³/mol. The first-order valence-corrected chi connectivity index (χ1v) is 9.89. The van der Waals surface area contributed by atoms with Crippen molar-refractivity contribution in [3.8, 4) is 0 Å². The summed E-state index contributed by atoms with van der Waals surface area (Å²) < 4.78 is 5.21. The molecule has 1 fully saturated rings. The van der Waals surface area contributed by atoms with E-state index in [9.17, 15) is 14.4 Å². The van der Waals surface area contributed by atoms with Crippen LogP contribution in [0.4, 0.5) is 4.79 Å². The van der Waals surface area contributed by atoms with Gasteiger partial charge in [0.2, 0.25) is 0 Å². The molecule has 1 aliphatic rings. The average molecular weight is 389 g/mol. The third kappa shape index (κ3) is 6.25. The highest BCUT2D eigenvalue weighted by atomic mass is 16.5. The summed E-state index contributed by atoms with van der Waals surface area (Å²) in [4.78, 5) is 38.1. The maximum atomic E-state index is 12.4. The molecule has 0 spiro atoms. The number of nitrogens with zero attached hydrogens (tertiary/aromatic N) is 1. The Balaban J connectivity index is 1.82. The smallest absolute Gasteiger partial charge is 0.338 e. The number of urea groups is 1. The van der Waals surface area contributed by atoms with E-state index in [0.717, 1.165) is 24.8 Å². The topological polar surface area (TPSA) is 87.7 Å². The Labute approximate surface area is 166 Å². The van der Waals surface area contributed by atoms with Crippen LogP contribution in [0.5, 0.6) is 0 Å². The van der Waals surface area contributed by atoms with Crippen molar-refractivity contribution >= 4 is 17.9 Å². The van der Waals surface area contributed by atoms with Crippen LogP contribution in [-0.2, 0) is 16.1 Å². The number of hydrogen-bond acceptors (Lipinski definition) is 4. The Hall–Kier alpha value is -2.57. The second-order valence-corrected chi connectivity index (χ2v) is 7.68. The van der Waals surface area contributed by atoms with Gasteiger partial charge in [0, 0.05) is 24.7 Å². The maximum Gasteiger partial charge on any atom is 0.338 e. The molecule has 1 aromatic rings. The largest absolute Gasteiger partial charge is 0.452 e. The second-order valence-electron chi connectivity index (χ2n) is 7.68. The zero-order valence-electron chi connectivity index (χ0n) is 17.2. The first kappa shape index (κ1) is 21.7. The number of carbonyl (C=O) groups is 3. The number of piperidine rings is 1. The standard InChI is InChI=1S/C21H31N3O4/c1-14(2)23-21(27)22-12-17-8-10-18(11-9-17)20(26)28-13-19(25)24-15(3)6-5-7-16(24)4/h8-11,14-16H,5-7,12-13H2,1-4H3,(H2,22,23,27)/t15-,16-/m0/s1. The molecule has 7 heteroatoms. The summed E-state index contributed by atoms with van der Waals surface area (Å²) in [5, 5.41) is 5.49. The summed E-state index contributed by atoms with van der Waals surface area (Å²) in [6.45, 7) is 7.95. The highest BCUT2D eigenvalue weighted by molar-refractivity contribution is 5.91. The molecule has 1 heterocycles. The lowest BCUT2D eigenvalue weighted by Gasteiger charge is -2.38. The molecule has 1 aliphatic heterocycles. The second kappa shape index (κ2) is 10.1. The number of nitrogens with one attached hydrogen (secondary N) is 2. The lowest BCUT2D eigenvalue weighted by molar-refractivity contribution is -0.140. The minimum Gasteiger partial charge on any atom is -0.452 e. The number of esters is 1. The first-order valence-electron chi connectivity index (χ1n) is 9.89. The van der Waals surface area contributed by atoms with E-state index in [-0.39, 0.29) is 36.7 Å². The van der Waals surface area contributed by atoms with Gasteiger partial charge in [0.15, 0.2) is 6.61 Å². The monoisotopic (exact) mass is 389 g/mol. The Morgan fingerprint density at radius 2 is 1.71 bits per heavy atom. The van der Waals surface area contributed by atoms with Gasteiger partial charge < -0.3 is 20.3 Å². The van der Waals surface area contributed by atoms with Gasteiger partial charge >= 0.3 is 12.0 Å². The molecule has 0 saturated carbocycles. The van der Waals surface area contributed by atoms with E-state index < -0.39 is 5.97 Å². The van der Waals surface area contributed by atoms with Crippen LogP contribution >= 0.6 is 0 Å². The third-order valence-corrected chi connectivity index (χ3v) is 4.87. The molecule has 0 radical (unpaired) electrons. The van der Waals surface area contributed by atoms with E-state index >= 15 is 0 Å². The van der Waals surface area contributed by atoms with Gasteiger partial charge in [-0.05, 0) is 64.7 Å². The molecule has 154 valence electrons. The molecule has 0 aliphatic carbocycles. The molecule has 0 aromatic heterocycles. The van der Waals surface area contributed by atoms with Gasteiger partial charge in [0.05, 0.1) is 5.56 Å². The van der Waals surface area contributed by atoms with E-state index in [1.807, 2.05) is 32.6 Å². The molecule has 1 saturated heterocycles. The molecular weight excluding hydrogens is 358 g/mol. The van der Waals surface area contributed by atoms with Crippen molar-refractivity contribution in [2.45, 2.75) is 71.6 Å². The van der Waals surface area contributed by atoms with E-state index in [0.29, 0.717) is 12.1 Å². The minimum absolute atomic E-state index is 0.0655. The summed E-state index contributed by atoms with van der Waals surface area (Å²) >= 11 is 0. The van der Waals surface area contributed by atoms with Crippen molar-refractivity contribution in [3.63, 3.8) is 0 Å². The Morgan fingerprint density at radius 3 is 2.29 bits per heavy atom. The normalized spacial score (nSPS) is 19.2. The molecule has 0 unspecified atom stereocenters. The predicted octanol–water partition coefficient (Wildman–Crippen LogP) is 2.84. The first-order chi connectivity index (χ1) is 13.3. The summed E-state index contributed by atoms with van der Waals surface area (Å²) in [6, 6.07) is 6.96. The number of benzene rings is 1. The third-order valence-electron chi connectivity index (χ3n) is 4.87.